The fraction of sp³-hybridized carbons (Fsp3) is 0.241. The molecule has 5 rings (SSSR count). The number of methoxy groups -OCH3 is 1. The van der Waals surface area contributed by atoms with Gasteiger partial charge in [0.2, 0.25) is 5.43 Å². The molecule has 1 saturated heterocycles. The highest BCUT2D eigenvalue weighted by atomic mass is 19.1. The number of benzene rings is 3. The summed E-state index contributed by atoms with van der Waals surface area (Å²) in [7, 11) is 3.31. The Bertz CT molecular complexity index is 1520. The van der Waals surface area contributed by atoms with Gasteiger partial charge < -0.3 is 24.6 Å². The number of likely N-dealkylation sites (N-methyl/N-ethyl adjacent to an activating group) is 1. The lowest BCUT2D eigenvalue weighted by Gasteiger charge is -2.25. The van der Waals surface area contributed by atoms with Crippen molar-refractivity contribution < 1.29 is 19.0 Å². The minimum Gasteiger partial charge on any atom is -0.492 e. The number of nitrogens with one attached hydrogen (secondary N) is 1. The number of hydrogen-bond acceptors (Lipinski definition) is 5. The zero-order valence-corrected chi connectivity index (χ0v) is 20.7. The molecular formula is C29H28FN3O4. The molecule has 8 heteroatoms. The average Bonchev–Trinajstić information content (AvgIpc) is 3.39. The first-order chi connectivity index (χ1) is 17.9. The normalized spacial score (nSPS) is 15.3. The molecule has 0 bridgehead atoms. The van der Waals surface area contributed by atoms with Crippen molar-refractivity contribution in [3.8, 4) is 16.9 Å². The minimum atomic E-state index is -1.36. The molecule has 37 heavy (non-hydrogen) atoms. The Hall–Kier alpha value is -4.17. The maximum atomic E-state index is 15.5. The van der Waals surface area contributed by atoms with Gasteiger partial charge in [-0.1, -0.05) is 54.6 Å². The van der Waals surface area contributed by atoms with Gasteiger partial charge in [-0.3, -0.25) is 4.79 Å². The van der Waals surface area contributed by atoms with Crippen LogP contribution in [0.4, 0.5) is 10.1 Å². The van der Waals surface area contributed by atoms with Crippen molar-refractivity contribution in [2.24, 2.45) is 0 Å². The number of anilines is 1. The number of ether oxygens (including phenoxy) is 1. The average molecular weight is 502 g/mol. The number of aromatic carboxylic acids is 1. The van der Waals surface area contributed by atoms with Gasteiger partial charge in [0.15, 0.2) is 11.6 Å². The van der Waals surface area contributed by atoms with E-state index in [1.54, 1.807) is 4.57 Å². The first kappa shape index (κ1) is 24.5. The standard InChI is InChI=1S/C29H28FN3O4/c1-31-21-12-13-32(16-21)26-24(30)14-22-25(28(26)37-2)33(17-23(27(22)34)29(35)36)15-18-8-10-20(11-9-18)19-6-4-3-5-7-19/h3-11,14,17,21,31H,12-13,15-16H2,1-2H3,(H,35,36)/t21-/m1/s1. The molecule has 1 aliphatic heterocycles. The molecular weight excluding hydrogens is 473 g/mol. The van der Waals surface area contributed by atoms with Crippen LogP contribution in [-0.4, -0.2) is 48.9 Å². The Kier molecular flexibility index (Phi) is 6.67. The van der Waals surface area contributed by atoms with E-state index in [-0.39, 0.29) is 29.4 Å². The van der Waals surface area contributed by atoms with Crippen LogP contribution < -0.4 is 20.4 Å². The van der Waals surface area contributed by atoms with Crippen molar-refractivity contribution in [3.63, 3.8) is 0 Å². The highest BCUT2D eigenvalue weighted by Gasteiger charge is 2.29. The second-order valence-corrected chi connectivity index (χ2v) is 9.22. The topological polar surface area (TPSA) is 83.8 Å². The van der Waals surface area contributed by atoms with Gasteiger partial charge in [-0.05, 0) is 36.2 Å². The van der Waals surface area contributed by atoms with Gasteiger partial charge >= 0.3 is 5.97 Å². The first-order valence-electron chi connectivity index (χ1n) is 12.1. The van der Waals surface area contributed by atoms with Crippen LogP contribution in [0.1, 0.15) is 22.3 Å². The highest BCUT2D eigenvalue weighted by Crippen LogP contribution is 2.39. The van der Waals surface area contributed by atoms with E-state index in [2.05, 4.69) is 5.32 Å². The summed E-state index contributed by atoms with van der Waals surface area (Å²) in [6.45, 7) is 1.49. The van der Waals surface area contributed by atoms with Crippen molar-refractivity contribution >= 4 is 22.6 Å². The van der Waals surface area contributed by atoms with Gasteiger partial charge in [0.05, 0.1) is 18.0 Å². The second-order valence-electron chi connectivity index (χ2n) is 9.22. The summed E-state index contributed by atoms with van der Waals surface area (Å²) in [5, 5.41) is 12.9. The number of hydrogen-bond donors (Lipinski definition) is 2. The highest BCUT2D eigenvalue weighted by molar-refractivity contribution is 5.97. The summed E-state index contributed by atoms with van der Waals surface area (Å²) in [6, 6.07) is 19.2. The van der Waals surface area contributed by atoms with Crippen LogP contribution in [0.15, 0.2) is 71.7 Å². The molecule has 4 aromatic rings. The van der Waals surface area contributed by atoms with E-state index in [4.69, 9.17) is 4.74 Å². The Balaban J connectivity index is 1.65. The monoisotopic (exact) mass is 501 g/mol. The van der Waals surface area contributed by atoms with Gasteiger partial charge in [-0.25, -0.2) is 9.18 Å². The fourth-order valence-electron chi connectivity index (χ4n) is 5.08. The maximum absolute atomic E-state index is 15.5. The van der Waals surface area contributed by atoms with Crippen LogP contribution in [0.2, 0.25) is 0 Å². The molecule has 3 aromatic carbocycles. The summed E-state index contributed by atoms with van der Waals surface area (Å²) in [5.41, 5.74) is 2.52. The molecule has 0 spiro atoms. The summed E-state index contributed by atoms with van der Waals surface area (Å²) in [4.78, 5) is 26.9. The molecule has 0 aliphatic carbocycles. The van der Waals surface area contributed by atoms with Crippen LogP contribution in [-0.2, 0) is 6.54 Å². The number of rotatable bonds is 7. The molecule has 1 atom stereocenters. The Morgan fingerprint density at radius 2 is 1.84 bits per heavy atom. The smallest absolute Gasteiger partial charge is 0.341 e. The van der Waals surface area contributed by atoms with Gasteiger partial charge in [0.25, 0.3) is 0 Å². The van der Waals surface area contributed by atoms with E-state index < -0.39 is 22.8 Å². The third-order valence-electron chi connectivity index (χ3n) is 7.01. The number of fused-ring (bicyclic) bond motifs is 1. The van der Waals surface area contributed by atoms with E-state index in [1.165, 1.54) is 13.3 Å². The molecule has 7 nitrogen and oxygen atoms in total. The van der Waals surface area contributed by atoms with Gasteiger partial charge in [-0.15, -0.1) is 0 Å². The number of aromatic nitrogens is 1. The molecule has 2 heterocycles. The molecule has 0 amide bonds. The lowest BCUT2D eigenvalue weighted by Crippen LogP contribution is -2.30. The lowest BCUT2D eigenvalue weighted by molar-refractivity contribution is 0.0695. The summed E-state index contributed by atoms with van der Waals surface area (Å²) in [6.07, 6.45) is 2.17. The largest absolute Gasteiger partial charge is 0.492 e. The van der Waals surface area contributed by atoms with Crippen molar-refractivity contribution in [2.75, 3.05) is 32.1 Å². The number of pyridine rings is 1. The molecule has 0 unspecified atom stereocenters. The number of halogens is 1. The third-order valence-corrected chi connectivity index (χ3v) is 7.01. The summed E-state index contributed by atoms with van der Waals surface area (Å²) >= 11 is 0. The van der Waals surface area contributed by atoms with Gasteiger partial charge in [0, 0.05) is 31.9 Å². The van der Waals surface area contributed by atoms with Gasteiger partial charge in [-0.2, -0.15) is 0 Å². The minimum absolute atomic E-state index is 0.0248. The predicted octanol–water partition coefficient (Wildman–Crippen LogP) is 4.36. The van der Waals surface area contributed by atoms with Crippen LogP contribution in [0.3, 0.4) is 0 Å². The van der Waals surface area contributed by atoms with E-state index in [9.17, 15) is 14.7 Å². The van der Waals surface area contributed by atoms with Crippen molar-refractivity contribution in [1.29, 1.82) is 0 Å². The summed E-state index contributed by atoms with van der Waals surface area (Å²) in [5.74, 6) is -1.75. The van der Waals surface area contributed by atoms with Crippen molar-refractivity contribution in [2.45, 2.75) is 19.0 Å². The quantitative estimate of drug-likeness (QED) is 0.392. The molecule has 190 valence electrons. The molecule has 1 aliphatic rings. The van der Waals surface area contributed by atoms with Crippen LogP contribution in [0.5, 0.6) is 5.75 Å². The van der Waals surface area contributed by atoms with Gasteiger partial charge in [0.1, 0.15) is 11.3 Å². The molecule has 1 fully saturated rings. The number of nitrogens with zero attached hydrogens (tertiary/aromatic N) is 2. The number of carboxylic acid groups (broad SMARTS) is 1. The van der Waals surface area contributed by atoms with Crippen LogP contribution >= 0.6 is 0 Å². The maximum Gasteiger partial charge on any atom is 0.341 e. The van der Waals surface area contributed by atoms with E-state index in [0.717, 1.165) is 29.2 Å². The number of carboxylic acids is 1. The Labute approximate surface area is 213 Å². The van der Waals surface area contributed by atoms with Crippen molar-refractivity contribution in [1.82, 2.24) is 9.88 Å². The number of carbonyl (C=O) groups is 1. The molecule has 0 saturated carbocycles. The van der Waals surface area contributed by atoms with E-state index >= 15 is 4.39 Å². The predicted molar refractivity (Wildman–Crippen MR) is 142 cm³/mol. The zero-order chi connectivity index (χ0) is 26.1. The zero-order valence-electron chi connectivity index (χ0n) is 20.7. The van der Waals surface area contributed by atoms with E-state index in [1.807, 2.05) is 66.5 Å². The molecule has 1 aromatic heterocycles. The lowest BCUT2D eigenvalue weighted by atomic mass is 10.0. The third kappa shape index (κ3) is 4.56. The molecule has 2 N–H and O–H groups in total. The van der Waals surface area contributed by atoms with E-state index in [0.29, 0.717) is 18.6 Å². The SMILES string of the molecule is CN[C@@H]1CCN(c2c(F)cc3c(=O)c(C(=O)O)cn(Cc4ccc(-c5ccccc5)cc4)c3c2OC)C1. The molecule has 0 radical (unpaired) electrons. The first-order valence-corrected chi connectivity index (χ1v) is 12.1. The van der Waals surface area contributed by atoms with Crippen molar-refractivity contribution in [3.05, 3.63) is 94.0 Å². The second kappa shape index (κ2) is 10.1. The summed E-state index contributed by atoms with van der Waals surface area (Å²) < 4.78 is 22.9. The fourth-order valence-corrected chi connectivity index (χ4v) is 5.08. The Morgan fingerprint density at radius 3 is 2.46 bits per heavy atom. The Morgan fingerprint density at radius 1 is 1.14 bits per heavy atom. The van der Waals surface area contributed by atoms with Crippen LogP contribution in [0, 0.1) is 5.82 Å². The van der Waals surface area contributed by atoms with Crippen LogP contribution in [0.25, 0.3) is 22.0 Å².